The highest BCUT2D eigenvalue weighted by atomic mass is 19.4. The summed E-state index contributed by atoms with van der Waals surface area (Å²) < 4.78 is 57.1. The Labute approximate surface area is 169 Å². The number of carbonyl (C=O) groups excluding carboxylic acids is 1. The third kappa shape index (κ3) is 5.32. The van der Waals surface area contributed by atoms with E-state index in [0.29, 0.717) is 31.2 Å². The first-order chi connectivity index (χ1) is 14.3. The molecule has 0 bridgehead atoms. The zero-order valence-corrected chi connectivity index (χ0v) is 15.9. The van der Waals surface area contributed by atoms with E-state index in [1.54, 1.807) is 0 Å². The molecule has 0 radical (unpaired) electrons. The Bertz CT molecular complexity index is 983. The molecule has 160 valence electrons. The summed E-state index contributed by atoms with van der Waals surface area (Å²) >= 11 is 0. The van der Waals surface area contributed by atoms with Crippen molar-refractivity contribution in [3.05, 3.63) is 60.0 Å². The number of nitrogens with one attached hydrogen (secondary N) is 1. The first-order valence-corrected chi connectivity index (χ1v) is 9.36. The largest absolute Gasteiger partial charge is 0.442 e. The Morgan fingerprint density at radius 2 is 2.00 bits per heavy atom. The standard InChI is InChI=1S/C20H20F4N4O2/c21-14-10-12(20(22,23)24)6-7-13(14)16-11-27-18(28-16)15(25)4-2-1-3-5-17(29)19-26-8-9-30-19/h6-11,15H,1-5,25H2,(H,27,28)/t15-/m0/s1. The second-order valence-electron chi connectivity index (χ2n) is 6.84. The highest BCUT2D eigenvalue weighted by molar-refractivity contribution is 5.91. The number of hydrogen-bond acceptors (Lipinski definition) is 5. The molecule has 0 saturated carbocycles. The van der Waals surface area contributed by atoms with Gasteiger partial charge in [-0.2, -0.15) is 13.2 Å². The normalized spacial score (nSPS) is 12.8. The highest BCUT2D eigenvalue weighted by Gasteiger charge is 2.31. The molecule has 1 aromatic carbocycles. The van der Waals surface area contributed by atoms with Gasteiger partial charge in [0.25, 0.3) is 5.89 Å². The molecule has 0 spiro atoms. The summed E-state index contributed by atoms with van der Waals surface area (Å²) in [6.07, 6.45) is 2.57. The maximum absolute atomic E-state index is 14.1. The number of oxazole rings is 1. The number of H-pyrrole nitrogens is 1. The van der Waals surface area contributed by atoms with Crippen LogP contribution in [0.4, 0.5) is 17.6 Å². The number of hydrogen-bond donors (Lipinski definition) is 2. The van der Waals surface area contributed by atoms with E-state index in [1.165, 1.54) is 18.7 Å². The number of nitrogens with two attached hydrogens (primary N) is 1. The van der Waals surface area contributed by atoms with Crippen molar-refractivity contribution in [2.24, 2.45) is 5.73 Å². The fraction of sp³-hybridized carbons (Fsp3) is 0.350. The molecule has 6 nitrogen and oxygen atoms in total. The number of aromatic amines is 1. The van der Waals surface area contributed by atoms with Gasteiger partial charge in [0.2, 0.25) is 5.78 Å². The lowest BCUT2D eigenvalue weighted by Gasteiger charge is -2.09. The molecule has 10 heteroatoms. The second kappa shape index (κ2) is 9.21. The van der Waals surface area contributed by atoms with Gasteiger partial charge in [0.15, 0.2) is 0 Å². The smallest absolute Gasteiger partial charge is 0.416 e. The zero-order chi connectivity index (χ0) is 21.7. The molecule has 3 rings (SSSR count). The minimum Gasteiger partial charge on any atom is -0.442 e. The van der Waals surface area contributed by atoms with Gasteiger partial charge in [-0.25, -0.2) is 14.4 Å². The Balaban J connectivity index is 1.50. The van der Waals surface area contributed by atoms with Crippen molar-refractivity contribution >= 4 is 5.78 Å². The van der Waals surface area contributed by atoms with E-state index in [1.807, 2.05) is 0 Å². The van der Waals surface area contributed by atoms with Crippen molar-refractivity contribution in [2.45, 2.75) is 44.3 Å². The molecule has 0 aliphatic heterocycles. The van der Waals surface area contributed by atoms with E-state index in [2.05, 4.69) is 15.0 Å². The number of Topliss-reactive ketones (excluding diaryl/α,β-unsaturated/α-hetero) is 1. The van der Waals surface area contributed by atoms with Gasteiger partial charge in [-0.05, 0) is 31.0 Å². The quantitative estimate of drug-likeness (QED) is 0.284. The average molecular weight is 424 g/mol. The summed E-state index contributed by atoms with van der Waals surface area (Å²) in [4.78, 5) is 22.6. The van der Waals surface area contributed by atoms with Crippen molar-refractivity contribution < 1.29 is 26.8 Å². The molecule has 0 amide bonds. The number of carbonyl (C=O) groups is 1. The second-order valence-corrected chi connectivity index (χ2v) is 6.84. The fourth-order valence-electron chi connectivity index (χ4n) is 3.00. The first-order valence-electron chi connectivity index (χ1n) is 9.36. The van der Waals surface area contributed by atoms with E-state index >= 15 is 0 Å². The minimum absolute atomic E-state index is 0.0148. The molecule has 1 atom stereocenters. The van der Waals surface area contributed by atoms with Crippen LogP contribution in [0.25, 0.3) is 11.3 Å². The van der Waals surface area contributed by atoms with Crippen LogP contribution in [0.5, 0.6) is 0 Å². The first kappa shape index (κ1) is 21.7. The zero-order valence-electron chi connectivity index (χ0n) is 15.9. The highest BCUT2D eigenvalue weighted by Crippen LogP contribution is 2.32. The molecular formula is C20H20F4N4O2. The molecule has 2 aromatic heterocycles. The van der Waals surface area contributed by atoms with Gasteiger partial charge in [-0.1, -0.05) is 12.8 Å². The predicted octanol–water partition coefficient (Wildman–Crippen LogP) is 5.06. The number of imidazole rings is 1. The van der Waals surface area contributed by atoms with Crippen molar-refractivity contribution in [3.63, 3.8) is 0 Å². The Kier molecular flexibility index (Phi) is 6.66. The van der Waals surface area contributed by atoms with Crippen LogP contribution in [0, 0.1) is 5.82 Å². The topological polar surface area (TPSA) is 97.8 Å². The van der Waals surface area contributed by atoms with E-state index < -0.39 is 23.6 Å². The van der Waals surface area contributed by atoms with Crippen LogP contribution in [0.15, 0.2) is 41.3 Å². The number of benzene rings is 1. The van der Waals surface area contributed by atoms with Gasteiger partial charge in [0, 0.05) is 12.0 Å². The fourth-order valence-corrected chi connectivity index (χ4v) is 3.00. The molecule has 0 aliphatic rings. The van der Waals surface area contributed by atoms with E-state index in [-0.39, 0.29) is 22.9 Å². The van der Waals surface area contributed by atoms with Gasteiger partial charge in [0.05, 0.1) is 29.7 Å². The molecule has 0 fully saturated rings. The molecular weight excluding hydrogens is 404 g/mol. The third-order valence-corrected chi connectivity index (χ3v) is 4.62. The van der Waals surface area contributed by atoms with Crippen molar-refractivity contribution in [3.8, 4) is 11.3 Å². The monoisotopic (exact) mass is 424 g/mol. The molecule has 3 N–H and O–H groups in total. The van der Waals surface area contributed by atoms with Crippen molar-refractivity contribution in [1.29, 1.82) is 0 Å². The summed E-state index contributed by atoms with van der Waals surface area (Å²) in [7, 11) is 0. The Hall–Kier alpha value is -3.01. The molecule has 0 aliphatic carbocycles. The van der Waals surface area contributed by atoms with E-state index in [0.717, 1.165) is 25.0 Å². The SMILES string of the molecule is N[C@@H](CCCCCC(=O)c1ncco1)c1ncc(-c2ccc(C(F)(F)F)cc2F)[nH]1. The van der Waals surface area contributed by atoms with Crippen LogP contribution in [-0.2, 0) is 6.18 Å². The summed E-state index contributed by atoms with van der Waals surface area (Å²) in [6, 6.07) is 1.89. The summed E-state index contributed by atoms with van der Waals surface area (Å²) in [6.45, 7) is 0. The minimum atomic E-state index is -4.61. The van der Waals surface area contributed by atoms with Crippen LogP contribution < -0.4 is 5.73 Å². The number of unbranched alkanes of at least 4 members (excludes halogenated alkanes) is 2. The molecule has 0 unspecified atom stereocenters. The van der Waals surface area contributed by atoms with Gasteiger partial charge >= 0.3 is 6.18 Å². The van der Waals surface area contributed by atoms with Crippen LogP contribution in [0.3, 0.4) is 0 Å². The summed E-state index contributed by atoms with van der Waals surface area (Å²) in [5.41, 5.74) is 5.28. The number of halogens is 4. The number of nitrogens with zero attached hydrogens (tertiary/aromatic N) is 2. The number of alkyl halides is 3. The van der Waals surface area contributed by atoms with Gasteiger partial charge in [0.1, 0.15) is 17.9 Å². The van der Waals surface area contributed by atoms with E-state index in [4.69, 9.17) is 10.2 Å². The van der Waals surface area contributed by atoms with Crippen LogP contribution in [0.1, 0.15) is 60.2 Å². The lowest BCUT2D eigenvalue weighted by molar-refractivity contribution is -0.137. The molecule has 30 heavy (non-hydrogen) atoms. The number of rotatable bonds is 9. The van der Waals surface area contributed by atoms with E-state index in [9.17, 15) is 22.4 Å². The maximum atomic E-state index is 14.1. The average Bonchev–Trinajstić information content (AvgIpc) is 3.39. The lowest BCUT2D eigenvalue weighted by Crippen LogP contribution is -2.12. The third-order valence-electron chi connectivity index (χ3n) is 4.62. The Morgan fingerprint density at radius 3 is 2.67 bits per heavy atom. The van der Waals surface area contributed by atoms with Gasteiger partial charge in [-0.3, -0.25) is 4.79 Å². The van der Waals surface area contributed by atoms with Crippen molar-refractivity contribution in [2.75, 3.05) is 0 Å². The van der Waals surface area contributed by atoms with Crippen molar-refractivity contribution in [1.82, 2.24) is 15.0 Å². The lowest BCUT2D eigenvalue weighted by atomic mass is 10.1. The molecule has 3 aromatic rings. The Morgan fingerprint density at radius 1 is 1.20 bits per heavy atom. The molecule has 0 saturated heterocycles. The molecule has 2 heterocycles. The maximum Gasteiger partial charge on any atom is 0.416 e. The van der Waals surface area contributed by atoms with Crippen LogP contribution in [-0.4, -0.2) is 20.7 Å². The summed E-state index contributed by atoms with van der Waals surface area (Å²) in [5, 5.41) is 0. The van der Waals surface area contributed by atoms with Crippen LogP contribution >= 0.6 is 0 Å². The van der Waals surface area contributed by atoms with Gasteiger partial charge in [-0.15, -0.1) is 0 Å². The predicted molar refractivity (Wildman–Crippen MR) is 99.8 cm³/mol. The van der Waals surface area contributed by atoms with Gasteiger partial charge < -0.3 is 15.1 Å². The number of aromatic nitrogens is 3. The number of ketones is 1. The van der Waals surface area contributed by atoms with Crippen LogP contribution in [0.2, 0.25) is 0 Å². The summed E-state index contributed by atoms with van der Waals surface area (Å²) in [5.74, 6) is -0.631.